The maximum atomic E-state index is 12.7. The van der Waals surface area contributed by atoms with Crippen molar-refractivity contribution in [3.05, 3.63) is 12.2 Å². The molecule has 1 nitrogen and oxygen atoms in total. The molecule has 0 aromatic heterocycles. The van der Waals surface area contributed by atoms with Gasteiger partial charge in [0, 0.05) is 0 Å². The lowest BCUT2D eigenvalue weighted by atomic mass is 9.74. The molecular weight excluding hydrogens is 301 g/mol. The van der Waals surface area contributed by atoms with E-state index in [2.05, 4.69) is 13.5 Å². The molecule has 2 bridgehead atoms. The van der Waals surface area contributed by atoms with E-state index in [1.807, 2.05) is 6.92 Å². The third kappa shape index (κ3) is 4.74. The molecule has 0 aromatic carbocycles. The number of unbranched alkanes of at least 4 members (excludes halogenated alkanes) is 3. The number of alkyl halides is 3. The van der Waals surface area contributed by atoms with E-state index in [4.69, 9.17) is 4.74 Å². The molecule has 4 unspecified atom stereocenters. The number of hydrogen-bond acceptors (Lipinski definition) is 1. The first-order valence-electron chi connectivity index (χ1n) is 9.15. The Balaban J connectivity index is 1.97. The van der Waals surface area contributed by atoms with Crippen LogP contribution in [0.1, 0.15) is 71.6 Å². The summed E-state index contributed by atoms with van der Waals surface area (Å²) in [6, 6.07) is 0. The van der Waals surface area contributed by atoms with Crippen molar-refractivity contribution >= 4 is 0 Å². The molecular formula is C19H31F3O. The summed E-state index contributed by atoms with van der Waals surface area (Å²) < 4.78 is 44.1. The van der Waals surface area contributed by atoms with Crippen molar-refractivity contribution in [1.29, 1.82) is 0 Å². The summed E-state index contributed by atoms with van der Waals surface area (Å²) in [4.78, 5) is 0. The molecule has 4 heteroatoms. The Hall–Kier alpha value is -0.510. The summed E-state index contributed by atoms with van der Waals surface area (Å²) >= 11 is 0. The fourth-order valence-corrected chi connectivity index (χ4v) is 4.59. The molecule has 0 saturated heterocycles. The molecule has 4 atom stereocenters. The lowest BCUT2D eigenvalue weighted by molar-refractivity contribution is -0.127. The number of hydrogen-bond donors (Lipinski definition) is 0. The molecule has 2 fully saturated rings. The maximum absolute atomic E-state index is 12.7. The summed E-state index contributed by atoms with van der Waals surface area (Å²) in [5.41, 5.74) is -1.19. The molecule has 0 amide bonds. The summed E-state index contributed by atoms with van der Waals surface area (Å²) in [5.74, 6) is 1.84. The third-order valence-corrected chi connectivity index (χ3v) is 6.03. The number of ether oxygens (including phenoxy) is 1. The number of fused-ring (bicyclic) bond motifs is 2. The fourth-order valence-electron chi connectivity index (χ4n) is 4.59. The summed E-state index contributed by atoms with van der Waals surface area (Å²) in [5, 5.41) is 0. The van der Waals surface area contributed by atoms with E-state index in [1.165, 1.54) is 25.7 Å². The van der Waals surface area contributed by atoms with Gasteiger partial charge in [-0.05, 0) is 50.4 Å². The van der Waals surface area contributed by atoms with E-state index < -0.39 is 17.4 Å². The molecule has 23 heavy (non-hydrogen) atoms. The van der Waals surface area contributed by atoms with Crippen LogP contribution in [0.25, 0.3) is 0 Å². The minimum absolute atomic E-state index is 0.387. The van der Waals surface area contributed by atoms with Gasteiger partial charge in [0.15, 0.2) is 0 Å². The van der Waals surface area contributed by atoms with Crippen LogP contribution in [0, 0.1) is 17.8 Å². The van der Waals surface area contributed by atoms with Crippen molar-refractivity contribution < 1.29 is 17.9 Å². The van der Waals surface area contributed by atoms with Crippen molar-refractivity contribution in [2.75, 3.05) is 6.61 Å². The van der Waals surface area contributed by atoms with Gasteiger partial charge in [0.25, 0.3) is 0 Å². The van der Waals surface area contributed by atoms with Crippen LogP contribution < -0.4 is 0 Å². The van der Waals surface area contributed by atoms with Crippen LogP contribution in [-0.4, -0.2) is 18.4 Å². The highest BCUT2D eigenvalue weighted by Gasteiger charge is 2.49. The van der Waals surface area contributed by atoms with Crippen LogP contribution in [0.15, 0.2) is 12.2 Å². The Morgan fingerprint density at radius 2 is 1.87 bits per heavy atom. The van der Waals surface area contributed by atoms with Crippen molar-refractivity contribution in [3.8, 4) is 0 Å². The zero-order valence-corrected chi connectivity index (χ0v) is 14.6. The van der Waals surface area contributed by atoms with Gasteiger partial charge in [0.2, 0.25) is 0 Å². The molecule has 0 heterocycles. The molecule has 0 aliphatic heterocycles. The van der Waals surface area contributed by atoms with E-state index in [0.717, 1.165) is 38.0 Å². The Kier molecular flexibility index (Phi) is 6.21. The minimum Gasteiger partial charge on any atom is -0.370 e. The zero-order chi connectivity index (χ0) is 17.1. The highest BCUT2D eigenvalue weighted by Crippen LogP contribution is 2.54. The molecule has 2 saturated carbocycles. The monoisotopic (exact) mass is 332 g/mol. The lowest BCUT2D eigenvalue weighted by Crippen LogP contribution is -2.41. The second-order valence-corrected chi connectivity index (χ2v) is 7.79. The molecule has 134 valence electrons. The average Bonchev–Trinajstić information content (AvgIpc) is 3.11. The number of halogens is 3. The van der Waals surface area contributed by atoms with Crippen molar-refractivity contribution in [1.82, 2.24) is 0 Å². The zero-order valence-electron chi connectivity index (χ0n) is 14.6. The molecule has 2 aliphatic carbocycles. The first kappa shape index (κ1) is 18.8. The summed E-state index contributed by atoms with van der Waals surface area (Å²) in [6.45, 7) is 6.99. The molecule has 0 aromatic rings. The smallest absolute Gasteiger partial charge is 0.370 e. The normalized spacial score (nSPS) is 29.7. The van der Waals surface area contributed by atoms with Crippen LogP contribution in [0.3, 0.4) is 0 Å². The first-order chi connectivity index (χ1) is 10.8. The lowest BCUT2D eigenvalue weighted by Gasteiger charge is -2.41. The summed E-state index contributed by atoms with van der Waals surface area (Å²) in [7, 11) is 0. The van der Waals surface area contributed by atoms with E-state index >= 15 is 0 Å². The third-order valence-electron chi connectivity index (χ3n) is 6.03. The van der Waals surface area contributed by atoms with Crippen molar-refractivity contribution in [2.45, 2.75) is 83.4 Å². The Bertz CT molecular complexity index is 404. The second kappa shape index (κ2) is 7.58. The predicted octanol–water partition coefficient (Wildman–Crippen LogP) is 6.29. The van der Waals surface area contributed by atoms with Crippen molar-refractivity contribution in [2.24, 2.45) is 17.8 Å². The van der Waals surface area contributed by atoms with E-state index in [0.29, 0.717) is 11.8 Å². The maximum Gasteiger partial charge on any atom is 0.414 e. The largest absolute Gasteiger partial charge is 0.414 e. The predicted molar refractivity (Wildman–Crippen MR) is 87.2 cm³/mol. The van der Waals surface area contributed by atoms with Gasteiger partial charge in [-0.3, -0.25) is 0 Å². The Labute approximate surface area is 138 Å². The van der Waals surface area contributed by atoms with Gasteiger partial charge in [0.1, 0.15) is 0 Å². The highest BCUT2D eigenvalue weighted by atomic mass is 19.4. The van der Waals surface area contributed by atoms with Crippen LogP contribution in [0.2, 0.25) is 0 Å². The molecule has 0 N–H and O–H groups in total. The van der Waals surface area contributed by atoms with Gasteiger partial charge < -0.3 is 4.74 Å². The molecule has 2 aliphatic rings. The van der Waals surface area contributed by atoms with Crippen LogP contribution in [0.5, 0.6) is 0 Å². The molecule has 0 radical (unpaired) electrons. The van der Waals surface area contributed by atoms with Gasteiger partial charge >= 0.3 is 6.18 Å². The molecule has 0 spiro atoms. The van der Waals surface area contributed by atoms with E-state index in [1.54, 1.807) is 0 Å². The number of rotatable bonds is 9. The van der Waals surface area contributed by atoms with Gasteiger partial charge in [-0.2, -0.15) is 13.2 Å². The highest BCUT2D eigenvalue weighted by molar-refractivity contribution is 5.05. The topological polar surface area (TPSA) is 9.23 Å². The Morgan fingerprint density at radius 1 is 1.13 bits per heavy atom. The standard InChI is InChI=1S/C19H31F3O/c1-4-5-6-7-10-18(3,23-13-14(2)19(20,21)22)17-12-15-8-9-16(17)11-15/h15-17H,2,4-13H2,1,3H3. The van der Waals surface area contributed by atoms with Crippen LogP contribution >= 0.6 is 0 Å². The first-order valence-corrected chi connectivity index (χ1v) is 9.15. The van der Waals surface area contributed by atoms with Gasteiger partial charge in [-0.25, -0.2) is 0 Å². The van der Waals surface area contributed by atoms with Gasteiger partial charge in [-0.1, -0.05) is 45.6 Å². The van der Waals surface area contributed by atoms with Gasteiger partial charge in [0.05, 0.1) is 17.8 Å². The van der Waals surface area contributed by atoms with Gasteiger partial charge in [-0.15, -0.1) is 0 Å². The van der Waals surface area contributed by atoms with Crippen molar-refractivity contribution in [3.63, 3.8) is 0 Å². The van der Waals surface area contributed by atoms with E-state index in [9.17, 15) is 13.2 Å². The average molecular weight is 332 g/mol. The quantitative estimate of drug-likeness (QED) is 0.356. The SMILES string of the molecule is C=C(COC(C)(CCCCCC)C1CC2CCC1C2)C(F)(F)F. The Morgan fingerprint density at radius 3 is 2.39 bits per heavy atom. The van der Waals surface area contributed by atoms with Crippen LogP contribution in [-0.2, 0) is 4.74 Å². The minimum atomic E-state index is -4.35. The molecule has 2 rings (SSSR count). The fraction of sp³-hybridized carbons (Fsp3) is 0.895. The summed E-state index contributed by atoms with van der Waals surface area (Å²) in [6.07, 6.45) is 5.94. The van der Waals surface area contributed by atoms with E-state index in [-0.39, 0.29) is 6.61 Å². The second-order valence-electron chi connectivity index (χ2n) is 7.79. The van der Waals surface area contributed by atoms with Crippen LogP contribution in [0.4, 0.5) is 13.2 Å².